The molecule has 12 heterocycles. The summed E-state index contributed by atoms with van der Waals surface area (Å²) in [5.74, 6) is 2.66. The average molecular weight is 1260 g/mol. The van der Waals surface area contributed by atoms with Gasteiger partial charge in [0.25, 0.3) is 0 Å². The highest BCUT2D eigenvalue weighted by atomic mass is 32.1. The van der Waals surface area contributed by atoms with Crippen LogP contribution in [0.25, 0.3) is 56.4 Å². The average Bonchev–Trinajstić information content (AvgIpc) is 1.72. The highest BCUT2D eigenvalue weighted by Gasteiger charge is 2.30. The summed E-state index contributed by atoms with van der Waals surface area (Å²) < 4.78 is 33.6. The molecule has 23 nitrogen and oxygen atoms in total. The molecule has 0 saturated heterocycles. The summed E-state index contributed by atoms with van der Waals surface area (Å²) in [5, 5.41) is 38.6. The Labute approximate surface area is 540 Å². The van der Waals surface area contributed by atoms with Crippen molar-refractivity contribution in [3.8, 4) is 79.7 Å². The smallest absolute Gasteiger partial charge is 0.166 e. The number of nitrogens with two attached hydrogens (primary N) is 3. The summed E-state index contributed by atoms with van der Waals surface area (Å²) in [4.78, 5) is 17.5. The van der Waals surface area contributed by atoms with E-state index >= 15 is 0 Å². The van der Waals surface area contributed by atoms with E-state index in [0.29, 0.717) is 71.5 Å². The number of ether oxygens (including phenoxy) is 3. The maximum absolute atomic E-state index is 9.60. The van der Waals surface area contributed by atoms with Crippen molar-refractivity contribution >= 4 is 29.0 Å². The molecule has 1 fully saturated rings. The van der Waals surface area contributed by atoms with Crippen molar-refractivity contribution in [3.63, 3.8) is 0 Å². The van der Waals surface area contributed by atoms with Gasteiger partial charge >= 0.3 is 0 Å². The molecular weight excluding hydrogens is 1190 g/mol. The lowest BCUT2D eigenvalue weighted by Crippen LogP contribution is -2.19. The van der Waals surface area contributed by atoms with Crippen molar-refractivity contribution in [1.82, 2.24) is 78.4 Å². The molecule has 0 spiro atoms. The number of pyridine rings is 3. The third-order valence-corrected chi connectivity index (χ3v) is 18.4. The first kappa shape index (κ1) is 59.6. The molecule has 0 radical (unpaired) electrons. The Morgan fingerprint density at radius 1 is 0.613 bits per heavy atom. The second kappa shape index (κ2) is 24.3. The molecule has 12 aromatic rings. The monoisotopic (exact) mass is 1260 g/mol. The van der Waals surface area contributed by atoms with Crippen LogP contribution in [0, 0.1) is 39.0 Å². The van der Waals surface area contributed by atoms with Gasteiger partial charge in [-0.2, -0.15) is 19.8 Å². The van der Waals surface area contributed by atoms with Gasteiger partial charge in [0, 0.05) is 99.0 Å². The molecule has 9 aromatic heterocycles. The van der Waals surface area contributed by atoms with Crippen LogP contribution in [0.1, 0.15) is 144 Å². The summed E-state index contributed by atoms with van der Waals surface area (Å²) in [5.41, 5.74) is 40.8. The number of nitrogen functional groups attached to an aromatic ring is 3. The number of imidazole rings is 1. The van der Waals surface area contributed by atoms with E-state index in [-0.39, 0.29) is 18.3 Å². The molecule has 3 aliphatic heterocycles. The molecule has 1 aliphatic carbocycles. The topological polar surface area (TPSA) is 296 Å². The van der Waals surface area contributed by atoms with Crippen LogP contribution < -0.4 is 31.4 Å². The number of rotatable bonds is 2. The predicted molar refractivity (Wildman–Crippen MR) is 354 cm³/mol. The molecular formula is C69H68N20O3S. The molecule has 0 unspecified atom stereocenters. The fourth-order valence-electron chi connectivity index (χ4n) is 12.7. The molecule has 24 heteroatoms. The molecule has 6 bridgehead atoms. The fraction of sp³-hybridized carbons (Fsp3) is 0.275. The Morgan fingerprint density at radius 3 is 1.80 bits per heavy atom. The third-order valence-electron chi connectivity index (χ3n) is 17.7. The molecule has 16 rings (SSSR count). The number of nitrogens with zero attached hydrogens (tertiary/aromatic N) is 17. The zero-order valence-electron chi connectivity index (χ0n) is 52.8. The maximum atomic E-state index is 9.60. The Bertz CT molecular complexity index is 4880. The van der Waals surface area contributed by atoms with Crippen LogP contribution in [-0.4, -0.2) is 78.4 Å². The van der Waals surface area contributed by atoms with Gasteiger partial charge in [0.15, 0.2) is 40.4 Å². The minimum absolute atomic E-state index is 0.253. The Hall–Kier alpha value is -11.1. The first-order chi connectivity index (χ1) is 45.1. The van der Waals surface area contributed by atoms with E-state index in [1.807, 2.05) is 94.7 Å². The molecule has 93 heavy (non-hydrogen) atoms. The third kappa shape index (κ3) is 11.1. The minimum Gasteiger partial charge on any atom is -0.482 e. The number of fused-ring (bicyclic) bond motifs is 21. The number of anilines is 3. The van der Waals surface area contributed by atoms with Crippen LogP contribution in [-0.2, 0) is 25.9 Å². The molecule has 468 valence electrons. The van der Waals surface area contributed by atoms with Gasteiger partial charge in [-0.05, 0) is 117 Å². The zero-order chi connectivity index (χ0) is 64.3. The van der Waals surface area contributed by atoms with Crippen LogP contribution in [0.4, 0.5) is 17.5 Å². The summed E-state index contributed by atoms with van der Waals surface area (Å²) in [6.07, 6.45) is 16.7. The van der Waals surface area contributed by atoms with E-state index in [0.717, 1.165) is 137 Å². The Morgan fingerprint density at radius 2 is 1.18 bits per heavy atom. The van der Waals surface area contributed by atoms with Gasteiger partial charge in [-0.25, -0.2) is 29.3 Å². The largest absolute Gasteiger partial charge is 0.482 e. The lowest BCUT2D eigenvalue weighted by Gasteiger charge is -2.28. The van der Waals surface area contributed by atoms with Crippen LogP contribution in [0.3, 0.4) is 0 Å². The van der Waals surface area contributed by atoms with Gasteiger partial charge < -0.3 is 36.0 Å². The van der Waals surface area contributed by atoms with Crippen LogP contribution in [0.2, 0.25) is 0 Å². The normalized spacial score (nSPS) is 16.0. The van der Waals surface area contributed by atoms with Crippen molar-refractivity contribution in [2.45, 2.75) is 125 Å². The molecule has 3 aromatic carbocycles. The number of aromatic nitrogens is 16. The van der Waals surface area contributed by atoms with Crippen molar-refractivity contribution in [3.05, 3.63) is 195 Å². The van der Waals surface area contributed by atoms with Gasteiger partial charge in [-0.1, -0.05) is 69.6 Å². The summed E-state index contributed by atoms with van der Waals surface area (Å²) in [7, 11) is 0. The quantitative estimate of drug-likeness (QED) is 0.145. The van der Waals surface area contributed by atoms with Gasteiger partial charge in [-0.3, -0.25) is 9.36 Å². The molecule has 3 atom stereocenters. The predicted octanol–water partition coefficient (Wildman–Crippen LogP) is 12.3. The summed E-state index contributed by atoms with van der Waals surface area (Å²) in [6.45, 7) is 17.6. The van der Waals surface area contributed by atoms with E-state index in [9.17, 15) is 5.26 Å². The van der Waals surface area contributed by atoms with Crippen molar-refractivity contribution in [2.75, 3.05) is 17.2 Å². The highest BCUT2D eigenvalue weighted by molar-refractivity contribution is 7.04. The number of nitriles is 1. The fourth-order valence-corrected chi connectivity index (χ4v) is 13.4. The molecule has 4 aliphatic rings. The molecule has 0 amide bonds. The second-order valence-corrected chi connectivity index (χ2v) is 24.7. The first-order valence-corrected chi connectivity index (χ1v) is 31.8. The Kier molecular flexibility index (Phi) is 15.6. The van der Waals surface area contributed by atoms with Crippen molar-refractivity contribution in [2.24, 2.45) is 0 Å². The molecule has 6 N–H and O–H groups in total. The summed E-state index contributed by atoms with van der Waals surface area (Å²) in [6, 6.07) is 27.2. The second-order valence-electron chi connectivity index (χ2n) is 24.1. The van der Waals surface area contributed by atoms with Gasteiger partial charge in [0.1, 0.15) is 24.4 Å². The number of aryl methyl sites for hydroxylation is 5. The van der Waals surface area contributed by atoms with E-state index in [1.165, 1.54) is 18.0 Å². The van der Waals surface area contributed by atoms with Gasteiger partial charge in [-0.15, -0.1) is 10.2 Å². The van der Waals surface area contributed by atoms with Crippen molar-refractivity contribution < 1.29 is 14.2 Å². The highest BCUT2D eigenvalue weighted by Crippen LogP contribution is 2.43. The van der Waals surface area contributed by atoms with Crippen LogP contribution in [0.15, 0.2) is 122 Å². The number of hydrogen-bond donors (Lipinski definition) is 3. The Balaban J connectivity index is 0.000000121. The molecule has 1 saturated carbocycles. The standard InChI is InChI=1S/C24H25N7O.C23H25N7O.C22H18N6OS/c1-14-6-7-21-20(8-14)15(2)32-22-10-17(11-26-24(22)25)23-16(9-19-13-27-29-30(19)21)12-28-31(23)18-4-3-5-18;1-5-29-22-16(12-26-29)9-20-14(3)27-28-30(20)19-7-6-13(2)8-18(19)15(4)31-21-10-17(22)11-25-23(21)24;1-12-3-4-16-17(5-12)13(2)29-19-6-14(8-25-22(19)24)21-18(7-23)26-11-28(21)9-15-10-30-27-20(15)16/h6-8,10-13,15,18H,3-5,9H2,1-2H3,(H2,25,26);6-8,10-12,15H,5,9H2,1-4H3,(H2,24,25);3-6,8,10-11,13H,9H2,1-2H3,(H2,24,25)/t2*15-;13-/m111/s1. The number of benzene rings is 3. The maximum Gasteiger partial charge on any atom is 0.166 e. The van der Waals surface area contributed by atoms with E-state index < -0.39 is 0 Å². The van der Waals surface area contributed by atoms with Crippen LogP contribution >= 0.6 is 11.5 Å². The first-order valence-electron chi connectivity index (χ1n) is 31.0. The van der Waals surface area contributed by atoms with E-state index in [2.05, 4.69) is 143 Å². The SMILES string of the molecule is CCn1ncc2c1-c1cnc(N)c(c1)O[C@H](C)c1cc(C)ccc1-n1nnc(C)c1C2.Cc1ccc2c(c1)[C@@H](C)Oc1cc(cnc1N)-c1c(C#N)ncn1Cc1csnc1-2.Cc1ccc2c(c1)[C@@H](C)Oc1cc(cnc1N)-c1c(cnn1C1CCC1)Cc1cnnn1-2. The van der Waals surface area contributed by atoms with E-state index in [1.54, 1.807) is 18.7 Å². The van der Waals surface area contributed by atoms with Crippen LogP contribution in [0.5, 0.6) is 17.2 Å². The van der Waals surface area contributed by atoms with Gasteiger partial charge in [0.05, 0.1) is 88.7 Å². The number of hydrogen-bond acceptors (Lipinski definition) is 19. The van der Waals surface area contributed by atoms with Gasteiger partial charge in [0.2, 0.25) is 0 Å². The zero-order valence-corrected chi connectivity index (χ0v) is 53.6. The minimum atomic E-state index is -0.270. The lowest BCUT2D eigenvalue weighted by molar-refractivity contribution is 0.227. The lowest BCUT2D eigenvalue weighted by atomic mass is 9.92. The van der Waals surface area contributed by atoms with E-state index in [4.69, 9.17) is 36.5 Å². The van der Waals surface area contributed by atoms with Crippen molar-refractivity contribution in [1.29, 1.82) is 5.26 Å². The summed E-state index contributed by atoms with van der Waals surface area (Å²) >= 11 is 1.41.